The Morgan fingerprint density at radius 3 is 2.62 bits per heavy atom. The molecule has 1 unspecified atom stereocenters. The zero-order valence-electron chi connectivity index (χ0n) is 14.5. The van der Waals surface area contributed by atoms with Gasteiger partial charge in [0, 0.05) is 44.3 Å². The van der Waals surface area contributed by atoms with Crippen molar-refractivity contribution in [2.45, 2.75) is 37.8 Å². The van der Waals surface area contributed by atoms with E-state index >= 15 is 0 Å². The molecule has 136 valence electrons. The summed E-state index contributed by atoms with van der Waals surface area (Å²) in [6, 6.07) is 6.40. The number of carbonyl (C=O) groups excluding carboxylic acids is 1. The maximum atomic E-state index is 12.6. The van der Waals surface area contributed by atoms with Crippen molar-refractivity contribution in [2.75, 3.05) is 26.7 Å². The second-order valence-electron chi connectivity index (χ2n) is 6.25. The van der Waals surface area contributed by atoms with E-state index in [4.69, 9.17) is 0 Å². The summed E-state index contributed by atoms with van der Waals surface area (Å²) in [7, 11) is -2.04. The molecule has 6 nitrogen and oxygen atoms in total. The summed E-state index contributed by atoms with van der Waals surface area (Å²) in [4.78, 5) is 14.5. The molecule has 2 rings (SSSR count). The summed E-state index contributed by atoms with van der Waals surface area (Å²) in [5.74, 6) is -0.123. The fourth-order valence-electron chi connectivity index (χ4n) is 2.53. The number of nitrogens with zero attached hydrogens (tertiary/aromatic N) is 2. The molecule has 0 bridgehead atoms. The number of halogens is 1. The highest BCUT2D eigenvalue weighted by Gasteiger charge is 2.26. The molecule has 1 heterocycles. The van der Waals surface area contributed by atoms with Gasteiger partial charge in [0.2, 0.25) is 10.0 Å². The number of sulfonamides is 1. The molecule has 1 N–H and O–H groups in total. The first-order valence-corrected chi connectivity index (χ1v) is 9.28. The van der Waals surface area contributed by atoms with E-state index in [-0.39, 0.29) is 35.3 Å². The average Bonchev–Trinajstić information content (AvgIpc) is 2.53. The van der Waals surface area contributed by atoms with Gasteiger partial charge in [-0.3, -0.25) is 4.79 Å². The third-order valence-electron chi connectivity index (χ3n) is 4.14. The van der Waals surface area contributed by atoms with Crippen LogP contribution in [0.25, 0.3) is 0 Å². The van der Waals surface area contributed by atoms with Crippen molar-refractivity contribution >= 4 is 28.3 Å². The van der Waals surface area contributed by atoms with Gasteiger partial charge in [0.05, 0.1) is 4.90 Å². The van der Waals surface area contributed by atoms with E-state index in [2.05, 4.69) is 5.32 Å². The maximum absolute atomic E-state index is 12.6. The largest absolute Gasteiger partial charge is 0.336 e. The monoisotopic (exact) mass is 375 g/mol. The fraction of sp³-hybridized carbons (Fsp3) is 0.562. The lowest BCUT2D eigenvalue weighted by Crippen LogP contribution is -2.51. The molecule has 0 radical (unpaired) electrons. The molecule has 0 saturated carbocycles. The molecule has 0 spiro atoms. The van der Waals surface area contributed by atoms with Gasteiger partial charge in [0.15, 0.2) is 0 Å². The van der Waals surface area contributed by atoms with Crippen LogP contribution in [0, 0.1) is 0 Å². The molecule has 1 aliphatic heterocycles. The third kappa shape index (κ3) is 4.47. The zero-order chi connectivity index (χ0) is 17.2. The van der Waals surface area contributed by atoms with Crippen LogP contribution in [0.3, 0.4) is 0 Å². The van der Waals surface area contributed by atoms with Crippen molar-refractivity contribution in [3.05, 3.63) is 29.8 Å². The van der Waals surface area contributed by atoms with E-state index in [1.54, 1.807) is 24.1 Å². The van der Waals surface area contributed by atoms with Crippen molar-refractivity contribution in [1.29, 1.82) is 0 Å². The summed E-state index contributed by atoms with van der Waals surface area (Å²) < 4.78 is 26.4. The Hall–Kier alpha value is -1.15. The smallest absolute Gasteiger partial charge is 0.253 e. The second kappa shape index (κ2) is 8.29. The van der Waals surface area contributed by atoms with Gasteiger partial charge in [-0.25, -0.2) is 8.42 Å². The van der Waals surface area contributed by atoms with Crippen molar-refractivity contribution in [1.82, 2.24) is 14.5 Å². The SMILES string of the molecule is CC1CN(C(=O)c2cccc(S(=O)(=O)N(C)C(C)C)c2)CCN1.Cl. The van der Waals surface area contributed by atoms with Crippen LogP contribution in [-0.4, -0.2) is 62.3 Å². The van der Waals surface area contributed by atoms with E-state index in [0.717, 1.165) is 6.54 Å². The highest BCUT2D eigenvalue weighted by Crippen LogP contribution is 2.19. The second-order valence-corrected chi connectivity index (χ2v) is 8.25. The third-order valence-corrected chi connectivity index (χ3v) is 6.17. The van der Waals surface area contributed by atoms with Gasteiger partial charge < -0.3 is 10.2 Å². The van der Waals surface area contributed by atoms with Gasteiger partial charge >= 0.3 is 0 Å². The molecule has 1 fully saturated rings. The number of nitrogens with one attached hydrogen (secondary N) is 1. The van der Waals surface area contributed by atoms with Gasteiger partial charge in [0.1, 0.15) is 0 Å². The standard InChI is InChI=1S/C16H25N3O3S.ClH/c1-12(2)18(4)23(21,22)15-7-5-6-14(10-15)16(20)19-9-8-17-13(3)11-19;/h5-7,10,12-13,17H,8-9,11H2,1-4H3;1H. The maximum Gasteiger partial charge on any atom is 0.253 e. The van der Waals surface area contributed by atoms with Crippen molar-refractivity contribution in [3.63, 3.8) is 0 Å². The molecule has 1 aromatic carbocycles. The zero-order valence-corrected chi connectivity index (χ0v) is 16.2. The highest BCUT2D eigenvalue weighted by molar-refractivity contribution is 7.89. The lowest BCUT2D eigenvalue weighted by atomic mass is 10.1. The number of carbonyl (C=O) groups is 1. The van der Waals surface area contributed by atoms with Crippen LogP contribution in [0.1, 0.15) is 31.1 Å². The van der Waals surface area contributed by atoms with E-state index < -0.39 is 10.0 Å². The first-order valence-electron chi connectivity index (χ1n) is 7.84. The van der Waals surface area contributed by atoms with Crippen molar-refractivity contribution in [3.8, 4) is 0 Å². The Morgan fingerprint density at radius 2 is 2.04 bits per heavy atom. The molecule has 1 atom stereocenters. The van der Waals surface area contributed by atoms with Crippen LogP contribution >= 0.6 is 12.4 Å². The van der Waals surface area contributed by atoms with Crippen molar-refractivity contribution in [2.24, 2.45) is 0 Å². The number of hydrogen-bond donors (Lipinski definition) is 1. The first-order chi connectivity index (χ1) is 10.7. The Kier molecular flexibility index (Phi) is 7.22. The highest BCUT2D eigenvalue weighted by atomic mass is 35.5. The van der Waals surface area contributed by atoms with E-state index in [1.807, 2.05) is 20.8 Å². The topological polar surface area (TPSA) is 69.7 Å². The molecule has 1 aromatic rings. The van der Waals surface area contributed by atoms with E-state index in [9.17, 15) is 13.2 Å². The Labute approximate surface area is 150 Å². The molecule has 0 aromatic heterocycles. The lowest BCUT2D eigenvalue weighted by molar-refractivity contribution is 0.0709. The van der Waals surface area contributed by atoms with Crippen LogP contribution in [0.2, 0.25) is 0 Å². The lowest BCUT2D eigenvalue weighted by Gasteiger charge is -2.32. The minimum Gasteiger partial charge on any atom is -0.336 e. The number of benzene rings is 1. The molecule has 1 aliphatic rings. The summed E-state index contributed by atoms with van der Waals surface area (Å²) in [5.41, 5.74) is 0.414. The first kappa shape index (κ1) is 20.9. The normalized spacial score (nSPS) is 18.6. The molecular formula is C16H26ClN3O3S. The van der Waals surface area contributed by atoms with Gasteiger partial charge in [-0.1, -0.05) is 6.07 Å². The van der Waals surface area contributed by atoms with Crippen LogP contribution in [0.15, 0.2) is 29.2 Å². The molecule has 8 heteroatoms. The van der Waals surface area contributed by atoms with Crippen LogP contribution in [0.5, 0.6) is 0 Å². The van der Waals surface area contributed by atoms with Crippen LogP contribution in [0.4, 0.5) is 0 Å². The predicted molar refractivity (Wildman–Crippen MR) is 97.1 cm³/mol. The number of rotatable bonds is 4. The number of hydrogen-bond acceptors (Lipinski definition) is 4. The molecule has 0 aliphatic carbocycles. The molecule has 1 saturated heterocycles. The molecule has 1 amide bonds. The summed E-state index contributed by atoms with van der Waals surface area (Å²) in [6.07, 6.45) is 0. The quantitative estimate of drug-likeness (QED) is 0.867. The summed E-state index contributed by atoms with van der Waals surface area (Å²) in [5, 5.41) is 3.28. The summed E-state index contributed by atoms with van der Waals surface area (Å²) >= 11 is 0. The van der Waals surface area contributed by atoms with Crippen LogP contribution < -0.4 is 5.32 Å². The van der Waals surface area contributed by atoms with Crippen molar-refractivity contribution < 1.29 is 13.2 Å². The van der Waals surface area contributed by atoms with Crippen LogP contribution in [-0.2, 0) is 10.0 Å². The van der Waals surface area contributed by atoms with E-state index in [1.165, 1.54) is 16.4 Å². The van der Waals surface area contributed by atoms with Gasteiger partial charge in [-0.15, -0.1) is 12.4 Å². The average molecular weight is 376 g/mol. The van der Waals surface area contributed by atoms with Gasteiger partial charge in [0.25, 0.3) is 5.91 Å². The number of amides is 1. The fourth-order valence-corrected chi connectivity index (χ4v) is 3.95. The minimum absolute atomic E-state index is 0. The minimum atomic E-state index is -3.59. The molecular weight excluding hydrogens is 350 g/mol. The summed E-state index contributed by atoms with van der Waals surface area (Å²) in [6.45, 7) is 7.66. The van der Waals surface area contributed by atoms with Gasteiger partial charge in [-0.2, -0.15) is 4.31 Å². The number of piperazine rings is 1. The Morgan fingerprint density at radius 1 is 1.38 bits per heavy atom. The molecule has 24 heavy (non-hydrogen) atoms. The Bertz CT molecular complexity index is 679. The van der Waals surface area contributed by atoms with Gasteiger partial charge in [-0.05, 0) is 39.0 Å². The Balaban J connectivity index is 0.00000288. The predicted octanol–water partition coefficient (Wildman–Crippen LogP) is 1.57. The van der Waals surface area contributed by atoms with E-state index in [0.29, 0.717) is 18.7 Å².